The molecule has 0 spiro atoms. The van der Waals surface area contributed by atoms with Crippen LogP contribution in [0.2, 0.25) is 0 Å². The number of amides is 1. The third kappa shape index (κ3) is 4.79. The molecule has 0 aliphatic carbocycles. The van der Waals surface area contributed by atoms with Crippen LogP contribution < -0.4 is 4.74 Å². The van der Waals surface area contributed by atoms with E-state index < -0.39 is 17.7 Å². The van der Waals surface area contributed by atoms with Crippen molar-refractivity contribution in [1.29, 1.82) is 0 Å². The highest BCUT2D eigenvalue weighted by molar-refractivity contribution is 6.46. The van der Waals surface area contributed by atoms with E-state index in [9.17, 15) is 14.7 Å². The molecule has 1 aliphatic heterocycles. The third-order valence-corrected chi connectivity index (χ3v) is 5.41. The molecule has 1 saturated heterocycles. The van der Waals surface area contributed by atoms with Gasteiger partial charge in [-0.15, -0.1) is 0 Å². The number of Topliss-reactive ketones (excluding diaryl/α,β-unsaturated/α-hetero) is 1. The van der Waals surface area contributed by atoms with Crippen LogP contribution in [0.5, 0.6) is 5.75 Å². The largest absolute Gasteiger partial charge is 0.507 e. The van der Waals surface area contributed by atoms with Crippen LogP contribution in [0.15, 0.2) is 73.1 Å². The minimum atomic E-state index is -0.715. The Bertz CT molecular complexity index is 1140. The van der Waals surface area contributed by atoms with Gasteiger partial charge < -0.3 is 19.3 Å². The smallest absolute Gasteiger partial charge is 0.295 e. The van der Waals surface area contributed by atoms with Crippen LogP contribution in [0.4, 0.5) is 0 Å². The van der Waals surface area contributed by atoms with Crippen LogP contribution in [-0.2, 0) is 16.1 Å². The molecular weight excluding hydrogens is 420 g/mol. The molecule has 1 fully saturated rings. The maximum absolute atomic E-state index is 13.0. The first-order chi connectivity index (χ1) is 16.0. The summed E-state index contributed by atoms with van der Waals surface area (Å²) in [4.78, 5) is 35.7. The van der Waals surface area contributed by atoms with E-state index in [2.05, 4.69) is 9.97 Å². The van der Waals surface area contributed by atoms with E-state index in [-0.39, 0.29) is 17.4 Å². The lowest BCUT2D eigenvalue weighted by molar-refractivity contribution is -0.139. The minimum absolute atomic E-state index is 0.0164. The number of nitrogens with zero attached hydrogens (tertiary/aromatic N) is 4. The van der Waals surface area contributed by atoms with Crippen LogP contribution >= 0.6 is 0 Å². The van der Waals surface area contributed by atoms with Gasteiger partial charge in [-0.3, -0.25) is 14.6 Å². The van der Waals surface area contributed by atoms with Gasteiger partial charge in [-0.25, -0.2) is 4.98 Å². The number of rotatable bonds is 8. The van der Waals surface area contributed by atoms with Crippen molar-refractivity contribution < 1.29 is 19.4 Å². The normalized spacial score (nSPS) is 17.7. The molecule has 170 valence electrons. The Kier molecular flexibility index (Phi) is 6.53. The molecule has 8 heteroatoms. The predicted molar refractivity (Wildman–Crippen MR) is 122 cm³/mol. The fraction of sp³-hybridized carbons (Fsp3) is 0.280. The van der Waals surface area contributed by atoms with Crippen molar-refractivity contribution in [2.24, 2.45) is 0 Å². The summed E-state index contributed by atoms with van der Waals surface area (Å²) in [6.45, 7) is 4.85. The number of pyridine rings is 1. The van der Waals surface area contributed by atoms with Crippen molar-refractivity contribution in [2.75, 3.05) is 6.54 Å². The van der Waals surface area contributed by atoms with Gasteiger partial charge in [0.2, 0.25) is 0 Å². The highest BCUT2D eigenvalue weighted by atomic mass is 16.5. The lowest BCUT2D eigenvalue weighted by atomic mass is 9.96. The second kappa shape index (κ2) is 9.68. The molecule has 0 bridgehead atoms. The highest BCUT2D eigenvalue weighted by Crippen LogP contribution is 2.39. The molecule has 0 saturated carbocycles. The van der Waals surface area contributed by atoms with Crippen LogP contribution in [0.25, 0.3) is 5.76 Å². The number of ketones is 1. The van der Waals surface area contributed by atoms with Gasteiger partial charge in [0.25, 0.3) is 11.7 Å². The Hall–Kier alpha value is -3.94. The van der Waals surface area contributed by atoms with Gasteiger partial charge in [-0.1, -0.05) is 6.07 Å². The summed E-state index contributed by atoms with van der Waals surface area (Å²) in [5.41, 5.74) is 1.17. The van der Waals surface area contributed by atoms with E-state index in [0.29, 0.717) is 36.4 Å². The molecule has 1 unspecified atom stereocenters. The second-order valence-corrected chi connectivity index (χ2v) is 8.12. The molecular formula is C25H26N4O4. The summed E-state index contributed by atoms with van der Waals surface area (Å²) in [7, 11) is 0. The number of aromatic nitrogens is 3. The van der Waals surface area contributed by atoms with Crippen molar-refractivity contribution >= 4 is 17.4 Å². The molecule has 2 aromatic heterocycles. The van der Waals surface area contributed by atoms with Gasteiger partial charge in [0.15, 0.2) is 0 Å². The Morgan fingerprint density at radius 3 is 2.52 bits per heavy atom. The number of ether oxygens (including phenoxy) is 1. The quantitative estimate of drug-likeness (QED) is 0.323. The molecule has 1 aromatic carbocycles. The summed E-state index contributed by atoms with van der Waals surface area (Å²) < 4.78 is 7.57. The Morgan fingerprint density at radius 1 is 1.09 bits per heavy atom. The van der Waals surface area contributed by atoms with Gasteiger partial charge in [-0.2, -0.15) is 0 Å². The van der Waals surface area contributed by atoms with Crippen molar-refractivity contribution in [2.45, 2.75) is 39.0 Å². The molecule has 1 amide bonds. The fourth-order valence-corrected chi connectivity index (χ4v) is 3.96. The van der Waals surface area contributed by atoms with E-state index >= 15 is 0 Å². The number of carbonyl (C=O) groups excluding carboxylic acids is 2. The molecule has 3 aromatic rings. The molecule has 1 atom stereocenters. The molecule has 4 rings (SSSR count). The van der Waals surface area contributed by atoms with Gasteiger partial charge in [-0.05, 0) is 56.2 Å². The number of aryl methyl sites for hydroxylation is 1. The lowest BCUT2D eigenvalue weighted by Crippen LogP contribution is -2.31. The summed E-state index contributed by atoms with van der Waals surface area (Å²) in [5.74, 6) is -0.886. The van der Waals surface area contributed by atoms with E-state index in [1.54, 1.807) is 61.3 Å². The third-order valence-electron chi connectivity index (χ3n) is 5.41. The second-order valence-electron chi connectivity index (χ2n) is 8.12. The van der Waals surface area contributed by atoms with E-state index in [4.69, 9.17) is 4.74 Å². The van der Waals surface area contributed by atoms with Gasteiger partial charge in [0.1, 0.15) is 11.5 Å². The fourth-order valence-electron chi connectivity index (χ4n) is 3.96. The van der Waals surface area contributed by atoms with Gasteiger partial charge >= 0.3 is 0 Å². The predicted octanol–water partition coefficient (Wildman–Crippen LogP) is 3.58. The summed E-state index contributed by atoms with van der Waals surface area (Å²) in [6.07, 6.45) is 9.14. The number of hydrogen-bond acceptors (Lipinski definition) is 6. The maximum atomic E-state index is 13.0. The standard InChI is InChI=1S/C25H26N4O4/c1-17(2)33-20-8-6-18(7-9-20)23(30)21-22(19-5-3-10-26-15-19)29(25(32)24(21)31)13-4-12-28-14-11-27-16-28/h3,5-11,14-17,22,30H,4,12-13H2,1-2H3/b23-21+. The van der Waals surface area contributed by atoms with Gasteiger partial charge in [0.05, 0.1) is 24.0 Å². The number of imidazole rings is 1. The van der Waals surface area contributed by atoms with E-state index in [1.165, 1.54) is 4.90 Å². The molecule has 33 heavy (non-hydrogen) atoms. The average molecular weight is 447 g/mol. The summed E-state index contributed by atoms with van der Waals surface area (Å²) >= 11 is 0. The monoisotopic (exact) mass is 446 g/mol. The first-order valence-corrected chi connectivity index (χ1v) is 10.9. The molecule has 3 heterocycles. The first-order valence-electron chi connectivity index (χ1n) is 10.9. The number of carbonyl (C=O) groups is 2. The summed E-state index contributed by atoms with van der Waals surface area (Å²) in [6, 6.07) is 9.66. The van der Waals surface area contributed by atoms with E-state index in [1.807, 2.05) is 24.6 Å². The zero-order valence-corrected chi connectivity index (χ0v) is 18.6. The highest BCUT2D eigenvalue weighted by Gasteiger charge is 2.45. The Balaban J connectivity index is 1.67. The molecule has 1 N–H and O–H groups in total. The van der Waals surface area contributed by atoms with Crippen molar-refractivity contribution in [3.63, 3.8) is 0 Å². The van der Waals surface area contributed by atoms with Gasteiger partial charge in [0, 0.05) is 43.4 Å². The Labute approximate surface area is 192 Å². The lowest BCUT2D eigenvalue weighted by Gasteiger charge is -2.25. The van der Waals surface area contributed by atoms with Crippen LogP contribution in [0, 0.1) is 0 Å². The topological polar surface area (TPSA) is 97.6 Å². The van der Waals surface area contributed by atoms with E-state index in [0.717, 1.165) is 0 Å². The maximum Gasteiger partial charge on any atom is 0.295 e. The number of likely N-dealkylation sites (tertiary alicyclic amines) is 1. The molecule has 1 aliphatic rings. The molecule has 0 radical (unpaired) electrons. The zero-order chi connectivity index (χ0) is 23.4. The average Bonchev–Trinajstić information content (AvgIpc) is 3.41. The first kappa shape index (κ1) is 22.3. The Morgan fingerprint density at radius 2 is 1.88 bits per heavy atom. The number of aliphatic hydroxyl groups excluding tert-OH is 1. The van der Waals surface area contributed by atoms with Crippen molar-refractivity contribution in [3.05, 3.63) is 84.2 Å². The minimum Gasteiger partial charge on any atom is -0.507 e. The van der Waals surface area contributed by atoms with Crippen LogP contribution in [-0.4, -0.2) is 48.9 Å². The summed E-state index contributed by atoms with van der Waals surface area (Å²) in [5, 5.41) is 11.1. The number of aliphatic hydroxyl groups is 1. The number of hydrogen-bond donors (Lipinski definition) is 1. The van der Waals surface area contributed by atoms with Crippen molar-refractivity contribution in [1.82, 2.24) is 19.4 Å². The van der Waals surface area contributed by atoms with Crippen LogP contribution in [0.3, 0.4) is 0 Å². The zero-order valence-electron chi connectivity index (χ0n) is 18.6. The molecule has 8 nitrogen and oxygen atoms in total. The SMILES string of the molecule is CC(C)Oc1ccc(/C(O)=C2\C(=O)C(=O)N(CCCn3ccnc3)C2c2cccnc2)cc1. The van der Waals surface area contributed by atoms with Crippen molar-refractivity contribution in [3.8, 4) is 5.75 Å². The van der Waals surface area contributed by atoms with Crippen LogP contribution in [0.1, 0.15) is 37.4 Å². The number of benzene rings is 1.